The molecule has 0 unspecified atom stereocenters. The molecule has 0 aliphatic carbocycles. The van der Waals surface area contributed by atoms with E-state index in [2.05, 4.69) is 4.98 Å². The molecule has 2 nitrogen and oxygen atoms in total. The summed E-state index contributed by atoms with van der Waals surface area (Å²) in [6.45, 7) is 2.04. The number of hydrogen-bond donors (Lipinski definition) is 0. The molecule has 1 aromatic carbocycles. The van der Waals surface area contributed by atoms with Gasteiger partial charge in [-0.05, 0) is 24.6 Å². The second kappa shape index (κ2) is 4.80. The first-order valence-corrected chi connectivity index (χ1v) is 5.89. The highest BCUT2D eigenvalue weighted by atomic mass is 35.5. The van der Waals surface area contributed by atoms with Gasteiger partial charge in [0.05, 0.1) is 10.5 Å². The fraction of sp³-hybridized carbons (Fsp3) is 0.182. The van der Waals surface area contributed by atoms with Crippen LogP contribution >= 0.6 is 22.9 Å². The number of aromatic nitrogens is 1. The van der Waals surface area contributed by atoms with E-state index < -0.39 is 0 Å². The van der Waals surface area contributed by atoms with Crippen molar-refractivity contribution in [2.75, 3.05) is 0 Å². The van der Waals surface area contributed by atoms with Crippen molar-refractivity contribution in [3.05, 3.63) is 45.1 Å². The summed E-state index contributed by atoms with van der Waals surface area (Å²) in [6, 6.07) is 5.45. The molecule has 0 saturated carbocycles. The summed E-state index contributed by atoms with van der Waals surface area (Å²) in [7, 11) is 0. The van der Waals surface area contributed by atoms with Crippen molar-refractivity contribution in [2.45, 2.75) is 13.5 Å². The standard InChI is InChI=1S/C11H9ClFNOS/c1-7-2-3-10(8(12)4-7)15-5-9-11(13)16-6-14-9/h2-4,6H,5H2,1H3. The van der Waals surface area contributed by atoms with Gasteiger partial charge in [0.1, 0.15) is 18.1 Å². The zero-order valence-electron chi connectivity index (χ0n) is 8.54. The molecule has 2 aromatic rings. The fourth-order valence-corrected chi connectivity index (χ4v) is 2.03. The van der Waals surface area contributed by atoms with E-state index in [-0.39, 0.29) is 11.7 Å². The van der Waals surface area contributed by atoms with Crippen molar-refractivity contribution in [1.29, 1.82) is 0 Å². The minimum atomic E-state index is -0.316. The molecule has 0 spiro atoms. The average molecular weight is 258 g/mol. The minimum Gasteiger partial charge on any atom is -0.486 e. The third-order valence-corrected chi connectivity index (χ3v) is 2.99. The highest BCUT2D eigenvalue weighted by molar-refractivity contribution is 7.08. The molecule has 0 amide bonds. The normalized spacial score (nSPS) is 10.4. The number of thiazole rings is 1. The van der Waals surface area contributed by atoms with E-state index in [1.54, 1.807) is 12.1 Å². The van der Waals surface area contributed by atoms with Crippen LogP contribution in [0.15, 0.2) is 23.7 Å². The Hall–Kier alpha value is -1.13. The smallest absolute Gasteiger partial charge is 0.202 e. The molecule has 0 aliphatic rings. The molecule has 1 heterocycles. The van der Waals surface area contributed by atoms with Crippen molar-refractivity contribution in [3.8, 4) is 5.75 Å². The molecule has 1 aromatic heterocycles. The molecule has 2 rings (SSSR count). The molecule has 0 N–H and O–H groups in total. The van der Waals surface area contributed by atoms with E-state index >= 15 is 0 Å². The summed E-state index contributed by atoms with van der Waals surface area (Å²) in [6.07, 6.45) is 0. The Morgan fingerprint density at radius 3 is 2.94 bits per heavy atom. The second-order valence-corrected chi connectivity index (χ2v) is 4.51. The Bertz CT molecular complexity index is 500. The third kappa shape index (κ3) is 2.51. The number of nitrogens with zero attached hydrogens (tertiary/aromatic N) is 1. The van der Waals surface area contributed by atoms with Gasteiger partial charge in [-0.2, -0.15) is 4.39 Å². The monoisotopic (exact) mass is 257 g/mol. The van der Waals surface area contributed by atoms with E-state index in [0.717, 1.165) is 16.9 Å². The van der Waals surface area contributed by atoms with E-state index in [1.165, 1.54) is 5.51 Å². The number of aryl methyl sites for hydroxylation is 1. The van der Waals surface area contributed by atoms with Crippen LogP contribution < -0.4 is 4.74 Å². The summed E-state index contributed by atoms with van der Waals surface area (Å²) in [5.41, 5.74) is 2.81. The van der Waals surface area contributed by atoms with E-state index in [9.17, 15) is 4.39 Å². The number of halogens is 2. The lowest BCUT2D eigenvalue weighted by molar-refractivity contribution is 0.296. The van der Waals surface area contributed by atoms with Crippen molar-refractivity contribution in [1.82, 2.24) is 4.98 Å². The van der Waals surface area contributed by atoms with Crippen molar-refractivity contribution in [3.63, 3.8) is 0 Å². The van der Waals surface area contributed by atoms with E-state index in [4.69, 9.17) is 16.3 Å². The maximum Gasteiger partial charge on any atom is 0.202 e. The summed E-state index contributed by atoms with van der Waals surface area (Å²) in [4.78, 5) is 3.85. The predicted molar refractivity (Wildman–Crippen MR) is 62.6 cm³/mol. The lowest BCUT2D eigenvalue weighted by Crippen LogP contribution is -1.98. The fourth-order valence-electron chi connectivity index (χ4n) is 1.22. The topological polar surface area (TPSA) is 22.1 Å². The molecular formula is C11H9ClFNOS. The van der Waals surface area contributed by atoms with Gasteiger partial charge in [-0.25, -0.2) is 4.98 Å². The van der Waals surface area contributed by atoms with Gasteiger partial charge in [0.15, 0.2) is 0 Å². The lowest BCUT2D eigenvalue weighted by Gasteiger charge is -2.06. The van der Waals surface area contributed by atoms with Crippen LogP contribution in [0.1, 0.15) is 11.3 Å². The van der Waals surface area contributed by atoms with Crippen molar-refractivity contribution < 1.29 is 9.13 Å². The van der Waals surface area contributed by atoms with Gasteiger partial charge >= 0.3 is 0 Å². The van der Waals surface area contributed by atoms with Gasteiger partial charge in [0.25, 0.3) is 0 Å². The highest BCUT2D eigenvalue weighted by Crippen LogP contribution is 2.26. The zero-order valence-corrected chi connectivity index (χ0v) is 10.1. The Balaban J connectivity index is 2.08. The van der Waals surface area contributed by atoms with Crippen LogP contribution in [0.25, 0.3) is 0 Å². The third-order valence-electron chi connectivity index (χ3n) is 2.04. The molecule has 5 heteroatoms. The summed E-state index contributed by atoms with van der Waals surface area (Å²) < 4.78 is 18.4. The molecule has 84 valence electrons. The first kappa shape index (κ1) is 11.4. The molecule has 0 saturated heterocycles. The van der Waals surface area contributed by atoms with Gasteiger partial charge in [0.2, 0.25) is 5.13 Å². The summed E-state index contributed by atoms with van der Waals surface area (Å²) in [5.74, 6) is 0.541. The van der Waals surface area contributed by atoms with Crippen molar-refractivity contribution >= 4 is 22.9 Å². The molecule has 0 fully saturated rings. The van der Waals surface area contributed by atoms with Crippen LogP contribution in [-0.2, 0) is 6.61 Å². The number of ether oxygens (including phenoxy) is 1. The maximum absolute atomic E-state index is 13.1. The largest absolute Gasteiger partial charge is 0.486 e. The Morgan fingerprint density at radius 2 is 2.31 bits per heavy atom. The highest BCUT2D eigenvalue weighted by Gasteiger charge is 2.07. The Morgan fingerprint density at radius 1 is 1.50 bits per heavy atom. The number of rotatable bonds is 3. The van der Waals surface area contributed by atoms with Gasteiger partial charge in [0, 0.05) is 0 Å². The molecule has 0 bridgehead atoms. The van der Waals surface area contributed by atoms with E-state index in [1.807, 2.05) is 13.0 Å². The summed E-state index contributed by atoms with van der Waals surface area (Å²) >= 11 is 6.93. The predicted octanol–water partition coefficient (Wildman–Crippen LogP) is 3.82. The summed E-state index contributed by atoms with van der Waals surface area (Å²) in [5, 5.41) is 0.207. The molecule has 0 atom stereocenters. The van der Waals surface area contributed by atoms with E-state index in [0.29, 0.717) is 16.5 Å². The quantitative estimate of drug-likeness (QED) is 0.834. The Kier molecular flexibility index (Phi) is 3.41. The van der Waals surface area contributed by atoms with Gasteiger partial charge in [-0.3, -0.25) is 0 Å². The zero-order chi connectivity index (χ0) is 11.5. The SMILES string of the molecule is Cc1ccc(OCc2ncsc2F)c(Cl)c1. The first-order chi connectivity index (χ1) is 7.66. The molecular weight excluding hydrogens is 249 g/mol. The van der Waals surface area contributed by atoms with Crippen LogP contribution in [-0.4, -0.2) is 4.98 Å². The van der Waals surface area contributed by atoms with Crippen LogP contribution in [0, 0.1) is 12.1 Å². The van der Waals surface area contributed by atoms with Gasteiger partial charge in [-0.1, -0.05) is 29.0 Å². The average Bonchev–Trinajstić information content (AvgIpc) is 2.63. The van der Waals surface area contributed by atoms with Crippen LogP contribution in [0.2, 0.25) is 5.02 Å². The van der Waals surface area contributed by atoms with Gasteiger partial charge < -0.3 is 4.74 Å². The minimum absolute atomic E-state index is 0.0954. The first-order valence-electron chi connectivity index (χ1n) is 4.63. The lowest BCUT2D eigenvalue weighted by atomic mass is 10.2. The molecule has 16 heavy (non-hydrogen) atoms. The molecule has 0 radical (unpaired) electrons. The molecule has 0 aliphatic heterocycles. The number of benzene rings is 1. The Labute approximate surface area is 102 Å². The number of hydrogen-bond acceptors (Lipinski definition) is 3. The maximum atomic E-state index is 13.1. The van der Waals surface area contributed by atoms with Gasteiger partial charge in [-0.15, -0.1) is 0 Å². The van der Waals surface area contributed by atoms with Crippen LogP contribution in [0.5, 0.6) is 5.75 Å². The van der Waals surface area contributed by atoms with Crippen LogP contribution in [0.3, 0.4) is 0 Å². The van der Waals surface area contributed by atoms with Crippen LogP contribution in [0.4, 0.5) is 4.39 Å². The van der Waals surface area contributed by atoms with Crippen molar-refractivity contribution in [2.24, 2.45) is 0 Å². The second-order valence-electron chi connectivity index (χ2n) is 3.30.